The summed E-state index contributed by atoms with van der Waals surface area (Å²) in [5, 5.41) is 12.4. The Bertz CT molecular complexity index is 1940. The number of halogens is 6. The van der Waals surface area contributed by atoms with E-state index in [4.69, 9.17) is 11.6 Å². The lowest BCUT2D eigenvalue weighted by molar-refractivity contribution is -0.142. The van der Waals surface area contributed by atoms with Crippen molar-refractivity contribution in [3.63, 3.8) is 0 Å². The molecule has 41 heavy (non-hydrogen) atoms. The second-order valence-electron chi connectivity index (χ2n) is 9.02. The summed E-state index contributed by atoms with van der Waals surface area (Å²) in [6, 6.07) is 17.7. The molecule has 0 aliphatic heterocycles. The van der Waals surface area contributed by atoms with E-state index >= 15 is 0 Å². The Morgan fingerprint density at radius 1 is 1.05 bits per heavy atom. The molecule has 0 unspecified atom stereocenters. The summed E-state index contributed by atoms with van der Waals surface area (Å²) in [7, 11) is 0. The van der Waals surface area contributed by atoms with Crippen molar-refractivity contribution in [3.8, 4) is 11.3 Å². The molecule has 0 spiro atoms. The monoisotopic (exact) mass is 642 g/mol. The van der Waals surface area contributed by atoms with Crippen LogP contribution in [-0.2, 0) is 12.7 Å². The third-order valence-corrected chi connectivity index (χ3v) is 7.34. The number of fused-ring (bicyclic) bond motifs is 2. The minimum Gasteiger partial charge on any atom is -0.304 e. The van der Waals surface area contributed by atoms with Crippen molar-refractivity contribution >= 4 is 55.7 Å². The highest BCUT2D eigenvalue weighted by Gasteiger charge is 2.36. The van der Waals surface area contributed by atoms with Crippen LogP contribution in [0.5, 0.6) is 0 Å². The van der Waals surface area contributed by atoms with Crippen LogP contribution in [0.4, 0.5) is 23.4 Å². The molecule has 0 aliphatic rings. The highest BCUT2D eigenvalue weighted by molar-refractivity contribution is 9.10. The van der Waals surface area contributed by atoms with E-state index in [1.807, 2.05) is 18.2 Å². The molecule has 7 nitrogen and oxygen atoms in total. The van der Waals surface area contributed by atoms with E-state index in [1.165, 1.54) is 23.0 Å². The van der Waals surface area contributed by atoms with Crippen LogP contribution in [-0.4, -0.2) is 30.3 Å². The smallest absolute Gasteiger partial charge is 0.304 e. The molecule has 3 heterocycles. The highest BCUT2D eigenvalue weighted by Crippen LogP contribution is 2.35. The van der Waals surface area contributed by atoms with Gasteiger partial charge in [-0.3, -0.25) is 9.48 Å². The summed E-state index contributed by atoms with van der Waals surface area (Å²) >= 11 is 9.41. The van der Waals surface area contributed by atoms with Crippen LogP contribution in [0.25, 0.3) is 27.7 Å². The lowest BCUT2D eigenvalue weighted by atomic mass is 10.0. The number of hydrogen-bond donors (Lipinski definition) is 1. The van der Waals surface area contributed by atoms with Gasteiger partial charge in [0.05, 0.1) is 22.9 Å². The fourth-order valence-electron chi connectivity index (χ4n) is 4.49. The van der Waals surface area contributed by atoms with Crippen LogP contribution in [0.15, 0.2) is 83.6 Å². The molecule has 1 amide bonds. The van der Waals surface area contributed by atoms with E-state index in [-0.39, 0.29) is 39.9 Å². The van der Waals surface area contributed by atoms with E-state index < -0.39 is 23.6 Å². The molecule has 0 fully saturated rings. The second kappa shape index (κ2) is 10.3. The van der Waals surface area contributed by atoms with Gasteiger partial charge in [-0.05, 0) is 44.9 Å². The molecule has 6 rings (SSSR count). The van der Waals surface area contributed by atoms with E-state index in [1.54, 1.807) is 30.3 Å². The zero-order valence-electron chi connectivity index (χ0n) is 20.6. The number of carbonyl (C=O) groups is 1. The Labute approximate surface area is 242 Å². The van der Waals surface area contributed by atoms with Gasteiger partial charge >= 0.3 is 6.18 Å². The lowest BCUT2D eigenvalue weighted by Crippen LogP contribution is -2.16. The van der Waals surface area contributed by atoms with E-state index in [0.717, 1.165) is 17.6 Å². The Morgan fingerprint density at radius 2 is 1.80 bits per heavy atom. The van der Waals surface area contributed by atoms with Gasteiger partial charge in [-0.25, -0.2) is 13.9 Å². The molecule has 13 heteroatoms. The Balaban J connectivity index is 1.39. The number of amides is 1. The maximum absolute atomic E-state index is 14.2. The fraction of sp³-hybridized carbons (Fsp3) is 0.0714. The maximum atomic E-state index is 14.2. The van der Waals surface area contributed by atoms with Crippen LogP contribution < -0.4 is 5.32 Å². The van der Waals surface area contributed by atoms with E-state index in [2.05, 4.69) is 36.4 Å². The number of rotatable bonds is 5. The molecule has 1 N–H and O–H groups in total. The van der Waals surface area contributed by atoms with Crippen molar-refractivity contribution in [1.29, 1.82) is 0 Å². The molecule has 0 radical (unpaired) electrons. The second-order valence-corrected chi connectivity index (χ2v) is 10.3. The molecule has 3 aromatic carbocycles. The van der Waals surface area contributed by atoms with Gasteiger partial charge in [-0.2, -0.15) is 23.4 Å². The van der Waals surface area contributed by atoms with Gasteiger partial charge in [0.2, 0.25) is 0 Å². The Morgan fingerprint density at radius 3 is 2.59 bits per heavy atom. The predicted octanol–water partition coefficient (Wildman–Crippen LogP) is 7.62. The average Bonchev–Trinajstić information content (AvgIpc) is 3.52. The van der Waals surface area contributed by atoms with Crippen LogP contribution in [0, 0.1) is 5.82 Å². The standard InChI is InChI=1S/C28H16BrClF4N6O/c29-20-14-39(13-19-21(30)9-4-10-22(19)31)38-25(20)37-27(41)18-12-35-40-24(28(32,33)34)11-23(36-26(18)40)17-8-3-6-15-5-1-2-7-16(15)17/h1-12,14H,13H2,(H,37,38,41). The molecule has 0 saturated carbocycles. The first-order valence-electron chi connectivity index (χ1n) is 12.0. The molecule has 206 valence electrons. The predicted molar refractivity (Wildman–Crippen MR) is 149 cm³/mol. The zero-order valence-corrected chi connectivity index (χ0v) is 23.0. The Hall–Kier alpha value is -4.29. The van der Waals surface area contributed by atoms with Crippen molar-refractivity contribution in [2.75, 3.05) is 5.32 Å². The molecule has 3 aromatic heterocycles. The van der Waals surface area contributed by atoms with Crippen LogP contribution >= 0.6 is 27.5 Å². The summed E-state index contributed by atoms with van der Waals surface area (Å²) in [6.07, 6.45) is -2.26. The number of nitrogens with zero attached hydrogens (tertiary/aromatic N) is 5. The normalized spacial score (nSPS) is 11.9. The third-order valence-electron chi connectivity index (χ3n) is 6.40. The zero-order chi connectivity index (χ0) is 28.9. The molecule has 0 bridgehead atoms. The van der Waals surface area contributed by atoms with Crippen LogP contribution in [0.2, 0.25) is 5.02 Å². The minimum atomic E-state index is -4.78. The fourth-order valence-corrected chi connectivity index (χ4v) is 5.13. The average molecular weight is 644 g/mol. The number of nitrogens with one attached hydrogen (secondary N) is 1. The first kappa shape index (κ1) is 26.9. The summed E-state index contributed by atoms with van der Waals surface area (Å²) in [4.78, 5) is 17.7. The van der Waals surface area contributed by atoms with Gasteiger partial charge in [0.25, 0.3) is 5.91 Å². The summed E-state index contributed by atoms with van der Waals surface area (Å²) in [5.41, 5.74) is -0.864. The SMILES string of the molecule is O=C(Nc1nn(Cc2c(F)cccc2Cl)cc1Br)c1cnn2c(C(F)(F)F)cc(-c3cccc4ccccc34)nc12. The lowest BCUT2D eigenvalue weighted by Gasteiger charge is -2.13. The molecule has 0 saturated heterocycles. The first-order chi connectivity index (χ1) is 19.6. The number of carbonyl (C=O) groups excluding carboxylic acids is 1. The van der Waals surface area contributed by atoms with Crippen molar-refractivity contribution < 1.29 is 22.4 Å². The molecular weight excluding hydrogens is 628 g/mol. The number of aromatic nitrogens is 5. The largest absolute Gasteiger partial charge is 0.433 e. The van der Waals surface area contributed by atoms with Gasteiger partial charge in [0.1, 0.15) is 11.4 Å². The van der Waals surface area contributed by atoms with Crippen molar-refractivity contribution in [3.05, 3.63) is 111 Å². The van der Waals surface area contributed by atoms with Crippen molar-refractivity contribution in [2.24, 2.45) is 0 Å². The maximum Gasteiger partial charge on any atom is 0.433 e. The highest BCUT2D eigenvalue weighted by atomic mass is 79.9. The number of anilines is 1. The summed E-state index contributed by atoms with van der Waals surface area (Å²) in [5.74, 6) is -1.25. The minimum absolute atomic E-state index is 0.0262. The van der Waals surface area contributed by atoms with Crippen LogP contribution in [0.1, 0.15) is 21.6 Å². The van der Waals surface area contributed by atoms with Gasteiger partial charge < -0.3 is 5.32 Å². The Kier molecular flexibility index (Phi) is 6.74. The van der Waals surface area contributed by atoms with E-state index in [0.29, 0.717) is 19.9 Å². The van der Waals surface area contributed by atoms with Crippen molar-refractivity contribution in [1.82, 2.24) is 24.4 Å². The van der Waals surface area contributed by atoms with Gasteiger partial charge in [-0.15, -0.1) is 0 Å². The molecule has 0 aliphatic carbocycles. The van der Waals surface area contributed by atoms with E-state index in [9.17, 15) is 22.4 Å². The van der Waals surface area contributed by atoms with Crippen LogP contribution in [0.3, 0.4) is 0 Å². The quantitative estimate of drug-likeness (QED) is 0.196. The summed E-state index contributed by atoms with van der Waals surface area (Å²) in [6.45, 7) is -0.0262. The number of alkyl halides is 3. The topological polar surface area (TPSA) is 77.1 Å². The summed E-state index contributed by atoms with van der Waals surface area (Å²) < 4.78 is 58.9. The van der Waals surface area contributed by atoms with Gasteiger partial charge in [0.15, 0.2) is 17.2 Å². The number of benzene rings is 3. The third kappa shape index (κ3) is 5.04. The van der Waals surface area contributed by atoms with Gasteiger partial charge in [-0.1, -0.05) is 60.1 Å². The van der Waals surface area contributed by atoms with Crippen molar-refractivity contribution in [2.45, 2.75) is 12.7 Å². The number of hydrogen-bond acceptors (Lipinski definition) is 4. The molecular formula is C28H16BrClF4N6O. The first-order valence-corrected chi connectivity index (χ1v) is 13.2. The van der Waals surface area contributed by atoms with Gasteiger partial charge in [0, 0.05) is 22.3 Å². The molecule has 6 aromatic rings. The molecule has 0 atom stereocenters.